The first-order chi connectivity index (χ1) is 12.8. The second-order valence-corrected chi connectivity index (χ2v) is 6.99. The highest BCUT2D eigenvalue weighted by Gasteiger charge is 2.24. The summed E-state index contributed by atoms with van der Waals surface area (Å²) >= 11 is 0. The summed E-state index contributed by atoms with van der Waals surface area (Å²) < 4.78 is 7.81. The van der Waals surface area contributed by atoms with Gasteiger partial charge in [0.15, 0.2) is 0 Å². The number of aliphatic imine (C=N–C) groups is 1. The molecule has 1 unspecified atom stereocenters. The third-order valence-corrected chi connectivity index (χ3v) is 5.15. The molecule has 2 aliphatic heterocycles. The molecule has 136 valence electrons. The molecule has 0 saturated carbocycles. The zero-order valence-electron chi connectivity index (χ0n) is 15.0. The molecule has 1 aromatic heterocycles. The highest BCUT2D eigenvalue weighted by Crippen LogP contribution is 2.25. The zero-order valence-corrected chi connectivity index (χ0v) is 15.0. The van der Waals surface area contributed by atoms with E-state index in [1.165, 1.54) is 12.8 Å². The molecule has 0 radical (unpaired) electrons. The number of rotatable bonds is 4. The highest BCUT2D eigenvalue weighted by molar-refractivity contribution is 5.94. The molecule has 1 amide bonds. The van der Waals surface area contributed by atoms with Crippen LogP contribution in [0.25, 0.3) is 0 Å². The molecule has 0 bridgehead atoms. The van der Waals surface area contributed by atoms with Crippen molar-refractivity contribution in [2.75, 3.05) is 19.7 Å². The van der Waals surface area contributed by atoms with Gasteiger partial charge in [0, 0.05) is 19.3 Å². The first kappa shape index (κ1) is 16.9. The van der Waals surface area contributed by atoms with E-state index < -0.39 is 0 Å². The van der Waals surface area contributed by atoms with Gasteiger partial charge in [-0.25, -0.2) is 4.99 Å². The number of aromatic nitrogens is 1. The zero-order chi connectivity index (χ0) is 17.8. The largest absolute Gasteiger partial charge is 0.474 e. The van der Waals surface area contributed by atoms with Crippen LogP contribution in [0.1, 0.15) is 43.0 Å². The van der Waals surface area contributed by atoms with Gasteiger partial charge in [0.2, 0.25) is 11.8 Å². The Hall–Kier alpha value is -2.56. The molecule has 0 spiro atoms. The standard InChI is InChI=1S/C21H25N3O2/c25-20(23-12-6-1-2-7-13-23)15-24-14-8-11-19(24)21-22-18(16-26-21)17-9-4-3-5-10-17/h3-5,8-11,14,18H,1-2,6-7,12-13,15-16H2. The molecule has 5 nitrogen and oxygen atoms in total. The van der Waals surface area contributed by atoms with Crippen molar-refractivity contribution in [3.05, 3.63) is 59.9 Å². The van der Waals surface area contributed by atoms with Gasteiger partial charge in [-0.3, -0.25) is 4.79 Å². The third-order valence-electron chi connectivity index (χ3n) is 5.15. The fourth-order valence-corrected chi connectivity index (χ4v) is 3.67. The highest BCUT2D eigenvalue weighted by atomic mass is 16.5. The van der Waals surface area contributed by atoms with Crippen molar-refractivity contribution in [3.63, 3.8) is 0 Å². The summed E-state index contributed by atoms with van der Waals surface area (Å²) in [5.41, 5.74) is 2.04. The van der Waals surface area contributed by atoms with Crippen LogP contribution in [0, 0.1) is 0 Å². The van der Waals surface area contributed by atoms with Crippen LogP contribution in [0.2, 0.25) is 0 Å². The van der Waals surface area contributed by atoms with Crippen molar-refractivity contribution in [1.29, 1.82) is 0 Å². The molecule has 0 aliphatic carbocycles. The van der Waals surface area contributed by atoms with E-state index in [0.717, 1.165) is 37.2 Å². The number of amides is 1. The van der Waals surface area contributed by atoms with Crippen LogP contribution in [0.3, 0.4) is 0 Å². The third kappa shape index (κ3) is 3.66. The Morgan fingerprint density at radius 2 is 1.81 bits per heavy atom. The fourth-order valence-electron chi connectivity index (χ4n) is 3.67. The van der Waals surface area contributed by atoms with Crippen molar-refractivity contribution >= 4 is 11.8 Å². The Bertz CT molecular complexity index is 774. The van der Waals surface area contributed by atoms with Crippen molar-refractivity contribution in [2.24, 2.45) is 4.99 Å². The lowest BCUT2D eigenvalue weighted by atomic mass is 10.1. The first-order valence-electron chi connectivity index (χ1n) is 9.50. The lowest BCUT2D eigenvalue weighted by Gasteiger charge is -2.21. The number of hydrogen-bond acceptors (Lipinski definition) is 3. The van der Waals surface area contributed by atoms with Crippen LogP contribution in [-0.4, -0.2) is 41.0 Å². The summed E-state index contributed by atoms with van der Waals surface area (Å²) in [7, 11) is 0. The van der Waals surface area contributed by atoms with Gasteiger partial charge in [-0.2, -0.15) is 0 Å². The molecule has 2 aliphatic rings. The molecule has 1 atom stereocenters. The molecule has 26 heavy (non-hydrogen) atoms. The molecular weight excluding hydrogens is 326 g/mol. The molecule has 4 rings (SSSR count). The number of carbonyl (C=O) groups excluding carboxylic acids is 1. The Morgan fingerprint density at radius 3 is 2.58 bits per heavy atom. The van der Waals surface area contributed by atoms with Gasteiger partial charge in [0.25, 0.3) is 0 Å². The summed E-state index contributed by atoms with van der Waals surface area (Å²) in [6.07, 6.45) is 6.61. The van der Waals surface area contributed by atoms with E-state index >= 15 is 0 Å². The minimum atomic E-state index is 0.0239. The second kappa shape index (κ2) is 7.77. The van der Waals surface area contributed by atoms with Gasteiger partial charge in [-0.15, -0.1) is 0 Å². The molecule has 3 heterocycles. The lowest BCUT2D eigenvalue weighted by molar-refractivity contribution is -0.131. The van der Waals surface area contributed by atoms with Crippen LogP contribution < -0.4 is 0 Å². The predicted molar refractivity (Wildman–Crippen MR) is 101 cm³/mol. The summed E-state index contributed by atoms with van der Waals surface area (Å²) in [6, 6.07) is 14.1. The minimum absolute atomic E-state index is 0.0239. The van der Waals surface area contributed by atoms with E-state index in [0.29, 0.717) is 19.0 Å². The Balaban J connectivity index is 1.48. The van der Waals surface area contributed by atoms with Crippen molar-refractivity contribution in [2.45, 2.75) is 38.3 Å². The molecule has 2 aromatic rings. The number of ether oxygens (including phenoxy) is 1. The smallest absolute Gasteiger partial charge is 0.242 e. The van der Waals surface area contributed by atoms with Gasteiger partial charge in [0.05, 0.1) is 0 Å². The average molecular weight is 351 g/mol. The number of hydrogen-bond donors (Lipinski definition) is 0. The molecule has 5 heteroatoms. The van der Waals surface area contributed by atoms with Crippen LogP contribution in [0.15, 0.2) is 53.7 Å². The van der Waals surface area contributed by atoms with E-state index in [4.69, 9.17) is 9.73 Å². The van der Waals surface area contributed by atoms with Crippen molar-refractivity contribution < 1.29 is 9.53 Å². The summed E-state index contributed by atoms with van der Waals surface area (Å²) in [6.45, 7) is 2.65. The van der Waals surface area contributed by atoms with E-state index in [2.05, 4.69) is 12.1 Å². The monoisotopic (exact) mass is 351 g/mol. The number of benzene rings is 1. The Kier molecular flexibility index (Phi) is 5.04. The molecule has 1 saturated heterocycles. The lowest BCUT2D eigenvalue weighted by Crippen LogP contribution is -2.35. The van der Waals surface area contributed by atoms with Crippen LogP contribution in [0.5, 0.6) is 0 Å². The van der Waals surface area contributed by atoms with Crippen molar-refractivity contribution in [1.82, 2.24) is 9.47 Å². The number of nitrogens with zero attached hydrogens (tertiary/aromatic N) is 3. The first-order valence-corrected chi connectivity index (χ1v) is 9.50. The average Bonchev–Trinajstić information content (AvgIpc) is 3.25. The van der Waals surface area contributed by atoms with Gasteiger partial charge in [0.1, 0.15) is 24.9 Å². The predicted octanol–water partition coefficient (Wildman–Crippen LogP) is 3.41. The normalized spacial score (nSPS) is 20.4. The maximum absolute atomic E-state index is 12.7. The van der Waals surface area contributed by atoms with E-state index in [9.17, 15) is 4.79 Å². The van der Waals surface area contributed by atoms with E-state index in [-0.39, 0.29) is 11.9 Å². The van der Waals surface area contributed by atoms with Crippen molar-refractivity contribution in [3.8, 4) is 0 Å². The molecular formula is C21H25N3O2. The molecule has 1 aromatic carbocycles. The van der Waals surface area contributed by atoms with Crippen LogP contribution in [-0.2, 0) is 16.1 Å². The fraction of sp³-hybridized carbons (Fsp3) is 0.429. The number of carbonyl (C=O) groups is 1. The second-order valence-electron chi connectivity index (χ2n) is 6.99. The van der Waals surface area contributed by atoms with Crippen LogP contribution in [0.4, 0.5) is 0 Å². The summed E-state index contributed by atoms with van der Waals surface area (Å²) in [5, 5.41) is 0. The molecule has 0 N–H and O–H groups in total. The van der Waals surface area contributed by atoms with Gasteiger partial charge < -0.3 is 14.2 Å². The number of likely N-dealkylation sites (tertiary alicyclic amines) is 1. The van der Waals surface area contributed by atoms with Gasteiger partial charge in [-0.1, -0.05) is 43.2 Å². The van der Waals surface area contributed by atoms with E-state index in [1.807, 2.05) is 46.0 Å². The Labute approximate surface area is 154 Å². The minimum Gasteiger partial charge on any atom is -0.474 e. The maximum atomic E-state index is 12.7. The quantitative estimate of drug-likeness (QED) is 0.847. The summed E-state index contributed by atoms with van der Waals surface area (Å²) in [5.74, 6) is 0.815. The Morgan fingerprint density at radius 1 is 1.04 bits per heavy atom. The SMILES string of the molecule is O=C(Cn1cccc1C1=NC(c2ccccc2)CO1)N1CCCCCC1. The van der Waals surface area contributed by atoms with E-state index in [1.54, 1.807) is 0 Å². The van der Waals surface area contributed by atoms with Gasteiger partial charge >= 0.3 is 0 Å². The summed E-state index contributed by atoms with van der Waals surface area (Å²) in [4.78, 5) is 19.4. The van der Waals surface area contributed by atoms with Crippen LogP contribution >= 0.6 is 0 Å². The van der Waals surface area contributed by atoms with Gasteiger partial charge in [-0.05, 0) is 30.5 Å². The maximum Gasteiger partial charge on any atom is 0.242 e. The molecule has 1 fully saturated rings. The topological polar surface area (TPSA) is 46.8 Å².